The summed E-state index contributed by atoms with van der Waals surface area (Å²) >= 11 is 13.1. The summed E-state index contributed by atoms with van der Waals surface area (Å²) < 4.78 is 20.9. The van der Waals surface area contributed by atoms with Crippen molar-refractivity contribution in [3.8, 4) is 5.75 Å². The van der Waals surface area contributed by atoms with Crippen LogP contribution in [0.4, 0.5) is 14.9 Å². The number of halogens is 3. The van der Waals surface area contributed by atoms with Crippen molar-refractivity contribution in [1.29, 1.82) is 0 Å². The van der Waals surface area contributed by atoms with Gasteiger partial charge in [-0.15, -0.1) is 0 Å². The van der Waals surface area contributed by atoms with Crippen molar-refractivity contribution < 1.29 is 13.9 Å². The van der Waals surface area contributed by atoms with E-state index in [-0.39, 0.29) is 5.92 Å². The highest BCUT2D eigenvalue weighted by Crippen LogP contribution is 2.47. The average Bonchev–Trinajstić information content (AvgIpc) is 2.87. The molecule has 1 aliphatic heterocycles. The lowest BCUT2D eigenvalue weighted by Crippen LogP contribution is -2.58. The smallest absolute Gasteiger partial charge is 0.319 e. The van der Waals surface area contributed by atoms with Crippen LogP contribution in [0.3, 0.4) is 0 Å². The second kappa shape index (κ2) is 11.3. The zero-order valence-electron chi connectivity index (χ0n) is 20.1. The number of benzene rings is 2. The summed E-state index contributed by atoms with van der Waals surface area (Å²) in [6, 6.07) is 11.8. The maximum absolute atomic E-state index is 15.6. The van der Waals surface area contributed by atoms with E-state index in [4.69, 9.17) is 27.9 Å². The van der Waals surface area contributed by atoms with Gasteiger partial charge in [-0.1, -0.05) is 47.5 Å². The number of carbonyl (C=O) groups excluding carboxylic acids is 1. The van der Waals surface area contributed by atoms with Crippen LogP contribution >= 0.6 is 23.2 Å². The minimum absolute atomic E-state index is 0.0156. The molecule has 0 aromatic heterocycles. The number of piperazine rings is 1. The molecule has 3 N–H and O–H groups in total. The molecule has 1 aliphatic carbocycles. The van der Waals surface area contributed by atoms with E-state index in [1.54, 1.807) is 31.4 Å². The lowest BCUT2D eigenvalue weighted by atomic mass is 9.69. The first-order valence-electron chi connectivity index (χ1n) is 12.1. The molecule has 1 saturated carbocycles. The summed E-state index contributed by atoms with van der Waals surface area (Å²) in [6.45, 7) is 5.58. The Kier molecular flexibility index (Phi) is 8.42. The van der Waals surface area contributed by atoms with E-state index < -0.39 is 23.8 Å². The summed E-state index contributed by atoms with van der Waals surface area (Å²) in [5.41, 5.74) is 1.00. The first-order valence-corrected chi connectivity index (χ1v) is 12.8. The van der Waals surface area contributed by atoms with Crippen molar-refractivity contribution in [2.75, 3.05) is 38.6 Å². The van der Waals surface area contributed by atoms with Crippen molar-refractivity contribution >= 4 is 34.9 Å². The number of ether oxygens (including phenoxy) is 1. The minimum Gasteiger partial charge on any atom is -0.495 e. The van der Waals surface area contributed by atoms with Gasteiger partial charge in [0.2, 0.25) is 0 Å². The van der Waals surface area contributed by atoms with E-state index >= 15 is 4.39 Å². The van der Waals surface area contributed by atoms with Crippen LogP contribution in [0.15, 0.2) is 42.5 Å². The quantitative estimate of drug-likeness (QED) is 0.471. The fraction of sp³-hybridized carbons (Fsp3) is 0.500. The van der Waals surface area contributed by atoms with Crippen molar-refractivity contribution in [2.45, 2.75) is 43.9 Å². The van der Waals surface area contributed by atoms with Crippen molar-refractivity contribution in [1.82, 2.24) is 15.5 Å². The molecule has 4 rings (SSSR count). The summed E-state index contributed by atoms with van der Waals surface area (Å²) in [7, 11) is 1.54. The van der Waals surface area contributed by atoms with Gasteiger partial charge in [-0.25, -0.2) is 9.18 Å². The number of alkyl halides is 1. The summed E-state index contributed by atoms with van der Waals surface area (Å²) in [5.74, 6) is 0.565. The highest BCUT2D eigenvalue weighted by atomic mass is 35.5. The van der Waals surface area contributed by atoms with E-state index in [1.165, 1.54) is 0 Å². The van der Waals surface area contributed by atoms with Gasteiger partial charge in [-0.05, 0) is 55.9 Å². The van der Waals surface area contributed by atoms with Gasteiger partial charge in [0, 0.05) is 31.7 Å². The summed E-state index contributed by atoms with van der Waals surface area (Å²) in [6.07, 6.45) is 0.425. The van der Waals surface area contributed by atoms with Gasteiger partial charge >= 0.3 is 6.03 Å². The summed E-state index contributed by atoms with van der Waals surface area (Å²) in [4.78, 5) is 15.0. The van der Waals surface area contributed by atoms with E-state index in [0.717, 1.165) is 38.2 Å². The maximum atomic E-state index is 15.6. The maximum Gasteiger partial charge on any atom is 0.319 e. The zero-order valence-corrected chi connectivity index (χ0v) is 21.6. The Bertz CT molecular complexity index is 1040. The van der Waals surface area contributed by atoms with Crippen LogP contribution in [0.25, 0.3) is 0 Å². The number of para-hydroxylation sites is 2. The second-order valence-electron chi connectivity index (χ2n) is 9.42. The standard InChI is InChI=1S/C26H33Cl2FN4O2/c1-26(33-14-12-30-13-15-33,18-6-5-7-19(27)24(18)28)17-10-11-21(20(29)16-17)31-25(34)32-22-8-3-4-9-23(22)35-2/h3-9,17,20-21,30H,10-16H2,1-2H3,(H2,31,32,34). The number of methoxy groups -OCH3 is 1. The van der Waals surface area contributed by atoms with E-state index in [0.29, 0.717) is 34.3 Å². The van der Waals surface area contributed by atoms with Crippen LogP contribution in [0.2, 0.25) is 10.0 Å². The van der Waals surface area contributed by atoms with Crippen molar-refractivity contribution in [2.24, 2.45) is 5.92 Å². The number of urea groups is 1. The number of anilines is 1. The molecular formula is C26H33Cl2FN4O2. The van der Waals surface area contributed by atoms with Gasteiger partial charge in [0.05, 0.1) is 28.9 Å². The number of hydrogen-bond donors (Lipinski definition) is 3. The Labute approximate surface area is 216 Å². The van der Waals surface area contributed by atoms with Gasteiger partial charge in [0.15, 0.2) is 0 Å². The normalized spacial score (nSPS) is 24.9. The fourth-order valence-corrected chi connectivity index (χ4v) is 6.03. The molecule has 1 saturated heterocycles. The highest BCUT2D eigenvalue weighted by Gasteiger charge is 2.47. The molecule has 2 aromatic carbocycles. The van der Waals surface area contributed by atoms with E-state index in [1.807, 2.05) is 18.2 Å². The number of amides is 2. The monoisotopic (exact) mass is 522 g/mol. The third kappa shape index (κ3) is 5.53. The van der Waals surface area contributed by atoms with Gasteiger partial charge in [0.1, 0.15) is 11.9 Å². The van der Waals surface area contributed by atoms with Crippen LogP contribution in [-0.2, 0) is 5.54 Å². The summed E-state index contributed by atoms with van der Waals surface area (Å²) in [5, 5.41) is 10.0. The molecule has 9 heteroatoms. The molecule has 190 valence electrons. The molecule has 6 nitrogen and oxygen atoms in total. The van der Waals surface area contributed by atoms with Crippen LogP contribution in [-0.4, -0.2) is 56.4 Å². The second-order valence-corrected chi connectivity index (χ2v) is 10.2. The number of nitrogens with one attached hydrogen (secondary N) is 3. The molecule has 35 heavy (non-hydrogen) atoms. The number of hydrogen-bond acceptors (Lipinski definition) is 4. The first kappa shape index (κ1) is 26.0. The molecule has 2 fully saturated rings. The van der Waals surface area contributed by atoms with Gasteiger partial charge in [-0.3, -0.25) is 4.90 Å². The zero-order chi connectivity index (χ0) is 25.0. The number of carbonyl (C=O) groups is 1. The van der Waals surface area contributed by atoms with Crippen LogP contribution in [0.1, 0.15) is 31.7 Å². The lowest BCUT2D eigenvalue weighted by molar-refractivity contribution is -0.00516. The van der Waals surface area contributed by atoms with Crippen LogP contribution in [0, 0.1) is 5.92 Å². The molecule has 0 spiro atoms. The van der Waals surface area contributed by atoms with Crippen molar-refractivity contribution in [3.05, 3.63) is 58.1 Å². The number of nitrogens with zero attached hydrogens (tertiary/aromatic N) is 1. The Balaban J connectivity index is 1.49. The molecule has 4 atom stereocenters. The molecule has 0 bridgehead atoms. The van der Waals surface area contributed by atoms with E-state index in [2.05, 4.69) is 27.8 Å². The molecule has 2 aromatic rings. The minimum atomic E-state index is -1.18. The Hall–Kier alpha value is -2.06. The topological polar surface area (TPSA) is 65.6 Å². The van der Waals surface area contributed by atoms with Gasteiger partial charge < -0.3 is 20.7 Å². The lowest BCUT2D eigenvalue weighted by Gasteiger charge is -2.51. The SMILES string of the molecule is COc1ccccc1NC(=O)NC1CCC(C(C)(c2cccc(Cl)c2Cl)N2CCNCC2)CC1F. The predicted molar refractivity (Wildman–Crippen MR) is 139 cm³/mol. The van der Waals surface area contributed by atoms with Crippen molar-refractivity contribution in [3.63, 3.8) is 0 Å². The molecule has 1 heterocycles. The predicted octanol–water partition coefficient (Wildman–Crippen LogP) is 5.45. The molecular weight excluding hydrogens is 490 g/mol. The third-order valence-electron chi connectivity index (χ3n) is 7.51. The number of rotatable bonds is 6. The Morgan fingerprint density at radius 3 is 2.60 bits per heavy atom. The van der Waals surface area contributed by atoms with Gasteiger partial charge in [0.25, 0.3) is 0 Å². The average molecular weight is 523 g/mol. The van der Waals surface area contributed by atoms with Gasteiger partial charge in [-0.2, -0.15) is 0 Å². The van der Waals surface area contributed by atoms with E-state index in [9.17, 15) is 4.79 Å². The largest absolute Gasteiger partial charge is 0.495 e. The molecule has 4 unspecified atom stereocenters. The first-order chi connectivity index (χ1) is 16.8. The Morgan fingerprint density at radius 2 is 1.89 bits per heavy atom. The molecule has 0 radical (unpaired) electrons. The Morgan fingerprint density at radius 1 is 1.14 bits per heavy atom. The third-order valence-corrected chi connectivity index (χ3v) is 8.33. The van der Waals surface area contributed by atoms with Crippen LogP contribution in [0.5, 0.6) is 5.75 Å². The fourth-order valence-electron chi connectivity index (χ4n) is 5.54. The highest BCUT2D eigenvalue weighted by molar-refractivity contribution is 6.42. The molecule has 2 aliphatic rings. The van der Waals surface area contributed by atoms with Crippen LogP contribution < -0.4 is 20.7 Å². The molecule has 2 amide bonds.